The summed E-state index contributed by atoms with van der Waals surface area (Å²) in [6.45, 7) is 2.35. The van der Waals surface area contributed by atoms with E-state index in [-0.39, 0.29) is 5.38 Å². The minimum Gasteiger partial charge on any atom is -0.491 e. The van der Waals surface area contributed by atoms with Gasteiger partial charge < -0.3 is 20.7 Å². The van der Waals surface area contributed by atoms with E-state index in [4.69, 9.17) is 22.1 Å². The number of carbonyl (C=O) groups is 1. The van der Waals surface area contributed by atoms with Crippen molar-refractivity contribution in [3.05, 3.63) is 23.4 Å². The molecule has 0 bridgehead atoms. The quantitative estimate of drug-likeness (QED) is 0.242. The van der Waals surface area contributed by atoms with Crippen LogP contribution in [0.15, 0.2) is 23.6 Å². The second-order valence-corrected chi connectivity index (χ2v) is 7.50. The number of nitroso groups, excluding NO2 is 1. The number of nitrogens with zero attached hydrogens (tertiary/aromatic N) is 3. The maximum atomic E-state index is 12.9. The minimum atomic E-state index is -1.22. The van der Waals surface area contributed by atoms with Crippen LogP contribution in [0.2, 0.25) is 0 Å². The van der Waals surface area contributed by atoms with Crippen molar-refractivity contribution in [1.29, 1.82) is 0 Å². The van der Waals surface area contributed by atoms with E-state index >= 15 is 0 Å². The molecule has 1 aliphatic rings. The van der Waals surface area contributed by atoms with Gasteiger partial charge in [0, 0.05) is 31.9 Å². The lowest BCUT2D eigenvalue weighted by Gasteiger charge is -2.34. The summed E-state index contributed by atoms with van der Waals surface area (Å²) < 4.78 is 5.77. The van der Waals surface area contributed by atoms with Gasteiger partial charge >= 0.3 is 0 Å². The number of hydrogen-bond acceptors (Lipinski definition) is 9. The summed E-state index contributed by atoms with van der Waals surface area (Å²) in [5.74, 6) is -0.890. The first-order valence-corrected chi connectivity index (χ1v) is 9.57. The molecule has 2 unspecified atom stereocenters. The Morgan fingerprint density at radius 3 is 2.86 bits per heavy atom. The maximum absolute atomic E-state index is 12.9. The molecule has 2 rings (SSSR count). The van der Waals surface area contributed by atoms with Gasteiger partial charge in [0.05, 0.1) is 24.3 Å². The van der Waals surface area contributed by atoms with Crippen LogP contribution in [-0.2, 0) is 4.79 Å². The third kappa shape index (κ3) is 6.64. The van der Waals surface area contributed by atoms with Crippen molar-refractivity contribution in [1.82, 2.24) is 20.5 Å². The molecule has 0 aromatic carbocycles. The number of rotatable bonds is 10. The number of carbonyl (C=O) groups excluding carboxylic acids is 1. The molecular weight excluding hydrogens is 386 g/mol. The molecule has 10 nitrogen and oxygen atoms in total. The first kappa shape index (κ1) is 22.4. The highest BCUT2D eigenvalue weighted by atomic mass is 35.5. The zero-order valence-corrected chi connectivity index (χ0v) is 16.9. The molecular formula is C17H28ClN7O3. The Morgan fingerprint density at radius 2 is 2.21 bits per heavy atom. The molecule has 2 heterocycles. The van der Waals surface area contributed by atoms with Crippen LogP contribution in [0.4, 0.5) is 5.69 Å². The molecule has 0 aliphatic carbocycles. The standard InChI is InChI=1S/C17H28ClN7O3/c1-25(2)6-3-7-28-13-4-5-20-10-12(13)23-17(26)14(15(19)24-27)16-21-8-11(18)9-22-16/h4-5,10-11,14-16,21-22H,3,6-9,19H2,1-2H3,(H,23,26). The van der Waals surface area contributed by atoms with E-state index in [0.717, 1.165) is 13.0 Å². The molecule has 1 fully saturated rings. The lowest BCUT2D eigenvalue weighted by molar-refractivity contribution is -0.121. The Labute approximate surface area is 169 Å². The van der Waals surface area contributed by atoms with Gasteiger partial charge in [-0.3, -0.25) is 20.4 Å². The Bertz CT molecular complexity index is 641. The van der Waals surface area contributed by atoms with Gasteiger partial charge in [-0.05, 0) is 20.5 Å². The predicted molar refractivity (Wildman–Crippen MR) is 108 cm³/mol. The van der Waals surface area contributed by atoms with Crippen LogP contribution in [-0.4, -0.2) is 73.8 Å². The summed E-state index contributed by atoms with van der Waals surface area (Å²) in [5.41, 5.74) is 6.21. The SMILES string of the molecule is CN(C)CCCOc1ccncc1NC(=O)C(C(N)N=O)C1NCC(Cl)CN1. The molecule has 1 saturated heterocycles. The van der Waals surface area contributed by atoms with Crippen molar-refractivity contribution in [3.63, 3.8) is 0 Å². The van der Waals surface area contributed by atoms with Crippen LogP contribution < -0.4 is 26.4 Å². The van der Waals surface area contributed by atoms with Gasteiger partial charge in [0.15, 0.2) is 6.17 Å². The van der Waals surface area contributed by atoms with E-state index in [1.807, 2.05) is 14.1 Å². The molecule has 1 aromatic heterocycles. The number of nitrogens with one attached hydrogen (secondary N) is 3. The van der Waals surface area contributed by atoms with Crippen molar-refractivity contribution in [3.8, 4) is 5.75 Å². The third-order valence-electron chi connectivity index (χ3n) is 4.32. The molecule has 11 heteroatoms. The summed E-state index contributed by atoms with van der Waals surface area (Å²) in [6.07, 6.45) is 2.16. The Morgan fingerprint density at radius 1 is 1.50 bits per heavy atom. The van der Waals surface area contributed by atoms with Crippen LogP contribution >= 0.6 is 11.6 Å². The number of amides is 1. The topological polar surface area (TPSA) is 134 Å². The number of nitrogens with two attached hydrogens (primary N) is 1. The molecule has 5 N–H and O–H groups in total. The van der Waals surface area contributed by atoms with Crippen LogP contribution in [0.1, 0.15) is 6.42 Å². The number of hydrogen-bond donors (Lipinski definition) is 4. The molecule has 0 radical (unpaired) electrons. The number of pyridine rings is 1. The van der Waals surface area contributed by atoms with E-state index in [9.17, 15) is 9.70 Å². The summed E-state index contributed by atoms with van der Waals surface area (Å²) in [6, 6.07) is 1.67. The average molecular weight is 414 g/mol. The van der Waals surface area contributed by atoms with Gasteiger partial charge in [-0.2, -0.15) is 0 Å². The van der Waals surface area contributed by atoms with Crippen molar-refractivity contribution in [2.24, 2.45) is 16.8 Å². The summed E-state index contributed by atoms with van der Waals surface area (Å²) in [4.78, 5) is 30.0. The fourth-order valence-electron chi connectivity index (χ4n) is 2.86. The van der Waals surface area contributed by atoms with E-state index in [2.05, 4.69) is 31.0 Å². The van der Waals surface area contributed by atoms with Crippen molar-refractivity contribution >= 4 is 23.2 Å². The molecule has 1 aliphatic heterocycles. The molecule has 28 heavy (non-hydrogen) atoms. The fraction of sp³-hybridized carbons (Fsp3) is 0.647. The van der Waals surface area contributed by atoms with Crippen LogP contribution in [0.5, 0.6) is 5.75 Å². The summed E-state index contributed by atoms with van der Waals surface area (Å²) in [5, 5.41) is 11.7. The maximum Gasteiger partial charge on any atom is 0.234 e. The lowest BCUT2D eigenvalue weighted by Crippen LogP contribution is -2.62. The average Bonchev–Trinajstić information content (AvgIpc) is 2.67. The number of alkyl halides is 1. The number of ether oxygens (including phenoxy) is 1. The number of aromatic nitrogens is 1. The molecule has 0 spiro atoms. The van der Waals surface area contributed by atoms with E-state index in [1.54, 1.807) is 12.3 Å². The normalized spacial score (nSPS) is 21.8. The highest BCUT2D eigenvalue weighted by Crippen LogP contribution is 2.24. The van der Waals surface area contributed by atoms with Crippen LogP contribution in [0, 0.1) is 10.8 Å². The molecule has 156 valence electrons. The van der Waals surface area contributed by atoms with Gasteiger partial charge in [-0.1, -0.05) is 5.18 Å². The molecule has 0 saturated carbocycles. The van der Waals surface area contributed by atoms with Gasteiger partial charge in [-0.15, -0.1) is 16.5 Å². The van der Waals surface area contributed by atoms with Gasteiger partial charge in [0.25, 0.3) is 0 Å². The monoisotopic (exact) mass is 413 g/mol. The van der Waals surface area contributed by atoms with E-state index in [1.165, 1.54) is 6.20 Å². The number of anilines is 1. The zero-order valence-electron chi connectivity index (χ0n) is 16.1. The smallest absolute Gasteiger partial charge is 0.234 e. The van der Waals surface area contributed by atoms with Crippen molar-refractivity contribution in [2.75, 3.05) is 45.7 Å². The highest BCUT2D eigenvalue weighted by molar-refractivity contribution is 6.21. The Hall–Kier alpha value is -1.85. The second-order valence-electron chi connectivity index (χ2n) is 6.88. The van der Waals surface area contributed by atoms with Crippen LogP contribution in [0.3, 0.4) is 0 Å². The van der Waals surface area contributed by atoms with E-state index in [0.29, 0.717) is 31.1 Å². The van der Waals surface area contributed by atoms with Crippen molar-refractivity contribution in [2.45, 2.75) is 24.1 Å². The molecule has 1 amide bonds. The molecule has 2 atom stereocenters. The van der Waals surface area contributed by atoms with Gasteiger partial charge in [0.1, 0.15) is 17.4 Å². The first-order valence-electron chi connectivity index (χ1n) is 9.13. The largest absolute Gasteiger partial charge is 0.491 e. The Balaban J connectivity index is 2.05. The third-order valence-corrected chi connectivity index (χ3v) is 4.62. The summed E-state index contributed by atoms with van der Waals surface area (Å²) in [7, 11) is 3.98. The number of halogens is 1. The first-order chi connectivity index (χ1) is 13.4. The van der Waals surface area contributed by atoms with Crippen LogP contribution in [0.25, 0.3) is 0 Å². The fourth-order valence-corrected chi connectivity index (χ4v) is 3.04. The van der Waals surface area contributed by atoms with Crippen molar-refractivity contribution < 1.29 is 9.53 Å². The van der Waals surface area contributed by atoms with Gasteiger partial charge in [-0.25, -0.2) is 0 Å². The molecule has 1 aromatic rings. The lowest BCUT2D eigenvalue weighted by atomic mass is 10.00. The Kier molecular flexibility index (Phi) is 9.00. The highest BCUT2D eigenvalue weighted by Gasteiger charge is 2.37. The predicted octanol–water partition coefficient (Wildman–Crippen LogP) is 0.144. The zero-order chi connectivity index (χ0) is 20.5. The van der Waals surface area contributed by atoms with E-state index < -0.39 is 24.2 Å². The summed E-state index contributed by atoms with van der Waals surface area (Å²) >= 11 is 6.04. The van der Waals surface area contributed by atoms with Gasteiger partial charge in [0.2, 0.25) is 5.91 Å². The minimum absolute atomic E-state index is 0.110. The second kappa shape index (κ2) is 11.2.